The van der Waals surface area contributed by atoms with Gasteiger partial charge in [0.2, 0.25) is 5.91 Å². The van der Waals surface area contributed by atoms with Crippen molar-refractivity contribution in [2.45, 2.75) is 26.8 Å². The van der Waals surface area contributed by atoms with Gasteiger partial charge in [0, 0.05) is 25.3 Å². The van der Waals surface area contributed by atoms with Crippen LogP contribution in [0.25, 0.3) is 0 Å². The van der Waals surface area contributed by atoms with Gasteiger partial charge in [-0.25, -0.2) is 0 Å². The predicted molar refractivity (Wildman–Crippen MR) is 78.4 cm³/mol. The number of rotatable bonds is 5. The Morgan fingerprint density at radius 1 is 1.42 bits per heavy atom. The van der Waals surface area contributed by atoms with E-state index in [0.29, 0.717) is 13.1 Å². The fourth-order valence-corrected chi connectivity index (χ4v) is 2.59. The van der Waals surface area contributed by atoms with Gasteiger partial charge in [-0.05, 0) is 44.0 Å². The average Bonchev–Trinajstić information content (AvgIpc) is 2.44. The van der Waals surface area contributed by atoms with Crippen LogP contribution in [0.1, 0.15) is 25.0 Å². The standard InChI is InChI=1S/C15H23N3O/c1-3-17-15(19)11-18(4-2)14-7-5-6-12-8-9-16-10-13(12)14/h5-7,16H,3-4,8-11H2,1-2H3,(H,17,19). The lowest BCUT2D eigenvalue weighted by molar-refractivity contribution is -0.119. The van der Waals surface area contributed by atoms with E-state index in [2.05, 4.69) is 40.7 Å². The van der Waals surface area contributed by atoms with Crippen molar-refractivity contribution in [3.63, 3.8) is 0 Å². The van der Waals surface area contributed by atoms with Gasteiger partial charge < -0.3 is 15.5 Å². The van der Waals surface area contributed by atoms with E-state index in [1.54, 1.807) is 0 Å². The zero-order valence-corrected chi connectivity index (χ0v) is 11.8. The summed E-state index contributed by atoms with van der Waals surface area (Å²) in [5.41, 5.74) is 3.95. The molecule has 1 aromatic rings. The van der Waals surface area contributed by atoms with E-state index in [-0.39, 0.29) is 5.91 Å². The lowest BCUT2D eigenvalue weighted by Gasteiger charge is -2.28. The Labute approximate surface area is 115 Å². The maximum atomic E-state index is 11.8. The van der Waals surface area contributed by atoms with Crippen LogP contribution in [0.2, 0.25) is 0 Å². The van der Waals surface area contributed by atoms with E-state index in [1.807, 2.05) is 6.92 Å². The molecule has 0 bridgehead atoms. The molecule has 1 heterocycles. The van der Waals surface area contributed by atoms with E-state index in [4.69, 9.17) is 0 Å². The summed E-state index contributed by atoms with van der Waals surface area (Å²) in [4.78, 5) is 13.9. The number of nitrogens with one attached hydrogen (secondary N) is 2. The SMILES string of the molecule is CCNC(=O)CN(CC)c1cccc2c1CNCC2. The number of nitrogens with zero attached hydrogens (tertiary/aromatic N) is 1. The number of hydrogen-bond acceptors (Lipinski definition) is 3. The zero-order chi connectivity index (χ0) is 13.7. The second-order valence-electron chi connectivity index (χ2n) is 4.81. The highest BCUT2D eigenvalue weighted by Gasteiger charge is 2.17. The van der Waals surface area contributed by atoms with Crippen LogP contribution in [0.5, 0.6) is 0 Å². The average molecular weight is 261 g/mol. The lowest BCUT2D eigenvalue weighted by atomic mass is 9.98. The van der Waals surface area contributed by atoms with Crippen LogP contribution in [0.3, 0.4) is 0 Å². The highest BCUT2D eigenvalue weighted by atomic mass is 16.2. The molecule has 1 aliphatic rings. The number of fused-ring (bicyclic) bond motifs is 1. The summed E-state index contributed by atoms with van der Waals surface area (Å²) in [6, 6.07) is 6.41. The van der Waals surface area contributed by atoms with Crippen molar-refractivity contribution in [1.29, 1.82) is 0 Å². The van der Waals surface area contributed by atoms with Crippen LogP contribution < -0.4 is 15.5 Å². The molecule has 4 nitrogen and oxygen atoms in total. The molecule has 1 amide bonds. The fraction of sp³-hybridized carbons (Fsp3) is 0.533. The molecular weight excluding hydrogens is 238 g/mol. The molecule has 1 aromatic carbocycles. The minimum Gasteiger partial charge on any atom is -0.362 e. The molecule has 1 aliphatic heterocycles. The molecule has 0 radical (unpaired) electrons. The maximum Gasteiger partial charge on any atom is 0.239 e. The van der Waals surface area contributed by atoms with E-state index in [9.17, 15) is 4.79 Å². The van der Waals surface area contributed by atoms with E-state index in [0.717, 1.165) is 26.1 Å². The first-order valence-corrected chi connectivity index (χ1v) is 7.09. The zero-order valence-electron chi connectivity index (χ0n) is 11.8. The molecule has 0 aromatic heterocycles. The first-order valence-electron chi connectivity index (χ1n) is 7.09. The summed E-state index contributed by atoms with van der Waals surface area (Å²) in [7, 11) is 0. The van der Waals surface area contributed by atoms with Crippen LogP contribution in [-0.2, 0) is 17.8 Å². The second-order valence-corrected chi connectivity index (χ2v) is 4.81. The Morgan fingerprint density at radius 3 is 3.00 bits per heavy atom. The molecule has 0 saturated heterocycles. The predicted octanol–water partition coefficient (Wildman–Crippen LogP) is 1.29. The highest BCUT2D eigenvalue weighted by Crippen LogP contribution is 2.26. The summed E-state index contributed by atoms with van der Waals surface area (Å²) >= 11 is 0. The van der Waals surface area contributed by atoms with Crippen molar-refractivity contribution < 1.29 is 4.79 Å². The smallest absolute Gasteiger partial charge is 0.239 e. The van der Waals surface area contributed by atoms with Crippen molar-refractivity contribution in [3.05, 3.63) is 29.3 Å². The molecule has 0 fully saturated rings. The molecule has 4 heteroatoms. The number of carbonyl (C=O) groups is 1. The van der Waals surface area contributed by atoms with Gasteiger partial charge in [-0.1, -0.05) is 12.1 Å². The third-order valence-electron chi connectivity index (χ3n) is 3.55. The Hall–Kier alpha value is -1.55. The monoisotopic (exact) mass is 261 g/mol. The Kier molecular flexibility index (Phi) is 4.80. The van der Waals surface area contributed by atoms with Gasteiger partial charge in [0.15, 0.2) is 0 Å². The van der Waals surface area contributed by atoms with E-state index in [1.165, 1.54) is 16.8 Å². The summed E-state index contributed by atoms with van der Waals surface area (Å²) in [5, 5.41) is 6.28. The summed E-state index contributed by atoms with van der Waals surface area (Å²) in [6.45, 7) is 7.94. The minimum absolute atomic E-state index is 0.0886. The largest absolute Gasteiger partial charge is 0.362 e. The van der Waals surface area contributed by atoms with Crippen molar-refractivity contribution in [2.24, 2.45) is 0 Å². The topological polar surface area (TPSA) is 44.4 Å². The molecular formula is C15H23N3O. The van der Waals surface area contributed by atoms with Gasteiger partial charge in [0.1, 0.15) is 0 Å². The van der Waals surface area contributed by atoms with E-state index >= 15 is 0 Å². The van der Waals surface area contributed by atoms with Crippen LogP contribution in [0, 0.1) is 0 Å². The van der Waals surface area contributed by atoms with Crippen LogP contribution in [0.15, 0.2) is 18.2 Å². The molecule has 0 unspecified atom stereocenters. The Morgan fingerprint density at radius 2 is 2.26 bits per heavy atom. The van der Waals surface area contributed by atoms with Crippen LogP contribution in [0.4, 0.5) is 5.69 Å². The number of hydrogen-bond donors (Lipinski definition) is 2. The normalized spacial score (nSPS) is 13.8. The van der Waals surface area contributed by atoms with Gasteiger partial charge in [0.05, 0.1) is 6.54 Å². The molecule has 19 heavy (non-hydrogen) atoms. The molecule has 0 aliphatic carbocycles. The van der Waals surface area contributed by atoms with Gasteiger partial charge in [-0.2, -0.15) is 0 Å². The summed E-state index contributed by atoms with van der Waals surface area (Å²) < 4.78 is 0. The number of amides is 1. The van der Waals surface area contributed by atoms with Crippen molar-refractivity contribution in [1.82, 2.24) is 10.6 Å². The highest BCUT2D eigenvalue weighted by molar-refractivity contribution is 5.81. The maximum absolute atomic E-state index is 11.8. The molecule has 0 saturated carbocycles. The molecule has 2 N–H and O–H groups in total. The van der Waals surface area contributed by atoms with Crippen molar-refractivity contribution >= 4 is 11.6 Å². The summed E-state index contributed by atoms with van der Waals surface area (Å²) in [5.74, 6) is 0.0886. The first kappa shape index (κ1) is 13.9. The van der Waals surface area contributed by atoms with Crippen LogP contribution in [-0.4, -0.2) is 32.1 Å². The Bertz CT molecular complexity index is 445. The number of carbonyl (C=O) groups excluding carboxylic acids is 1. The molecule has 0 spiro atoms. The van der Waals surface area contributed by atoms with Crippen molar-refractivity contribution in [2.75, 3.05) is 31.1 Å². The molecule has 2 rings (SSSR count). The minimum atomic E-state index is 0.0886. The van der Waals surface area contributed by atoms with Gasteiger partial charge >= 0.3 is 0 Å². The fourth-order valence-electron chi connectivity index (χ4n) is 2.59. The van der Waals surface area contributed by atoms with Gasteiger partial charge in [-0.15, -0.1) is 0 Å². The van der Waals surface area contributed by atoms with Gasteiger partial charge in [0.25, 0.3) is 0 Å². The first-order chi connectivity index (χ1) is 9.26. The molecule has 0 atom stereocenters. The summed E-state index contributed by atoms with van der Waals surface area (Å²) in [6.07, 6.45) is 1.07. The quantitative estimate of drug-likeness (QED) is 0.839. The van der Waals surface area contributed by atoms with Gasteiger partial charge in [-0.3, -0.25) is 4.79 Å². The lowest BCUT2D eigenvalue weighted by Crippen LogP contribution is -2.38. The number of anilines is 1. The third kappa shape index (κ3) is 3.26. The number of benzene rings is 1. The molecule has 104 valence electrons. The van der Waals surface area contributed by atoms with Crippen molar-refractivity contribution in [3.8, 4) is 0 Å². The second kappa shape index (κ2) is 6.57. The number of likely N-dealkylation sites (N-methyl/N-ethyl adjacent to an activating group) is 2. The third-order valence-corrected chi connectivity index (χ3v) is 3.55. The Balaban J connectivity index is 2.20. The van der Waals surface area contributed by atoms with E-state index < -0.39 is 0 Å². The van der Waals surface area contributed by atoms with Crippen LogP contribution >= 0.6 is 0 Å².